The van der Waals surface area contributed by atoms with Gasteiger partial charge in [-0.2, -0.15) is 0 Å². The zero-order valence-corrected chi connectivity index (χ0v) is 42.9. The quantitative estimate of drug-likeness (QED) is 0.0199. The van der Waals surface area contributed by atoms with Crippen LogP contribution in [-0.2, 0) is 28.6 Å². The lowest BCUT2D eigenvalue weighted by Gasteiger charge is -2.18. The molecule has 0 amide bonds. The summed E-state index contributed by atoms with van der Waals surface area (Å²) < 4.78 is 16.8. The standard InChI is InChI=1S/C60H100O6/c1-4-7-10-13-16-19-22-25-28-30-33-35-38-41-44-47-50-53-59(62)65-56-57(55-64-58(61)52-49-46-43-40-37-34-31-27-24-21-18-15-12-9-6-3)66-60(63)54-51-48-45-42-39-36-32-29-26-23-20-17-14-11-8-5-2/h8,11,17-18,20-21,24-29,33,35,41,44,57H,4-7,9-10,12-16,19,22-23,30-32,34,36-40,42-43,45-56H2,1-3H3/b11-8-,20-17-,21-18-,27-24-,28-25-,29-26-,35-33-,44-41-. The summed E-state index contributed by atoms with van der Waals surface area (Å²) in [5.41, 5.74) is 0. The largest absolute Gasteiger partial charge is 0.462 e. The third-order valence-corrected chi connectivity index (χ3v) is 11.3. The minimum Gasteiger partial charge on any atom is -0.462 e. The molecule has 0 heterocycles. The van der Waals surface area contributed by atoms with E-state index in [-0.39, 0.29) is 37.5 Å². The zero-order valence-electron chi connectivity index (χ0n) is 42.9. The third kappa shape index (κ3) is 51.3. The van der Waals surface area contributed by atoms with Crippen molar-refractivity contribution < 1.29 is 28.6 Å². The molecular weight excluding hydrogens is 817 g/mol. The summed E-state index contributed by atoms with van der Waals surface area (Å²) in [5.74, 6) is -0.984. The Balaban J connectivity index is 4.51. The van der Waals surface area contributed by atoms with Crippen LogP contribution in [-0.4, -0.2) is 37.2 Å². The van der Waals surface area contributed by atoms with Gasteiger partial charge in [-0.25, -0.2) is 0 Å². The van der Waals surface area contributed by atoms with Gasteiger partial charge in [0.2, 0.25) is 0 Å². The highest BCUT2D eigenvalue weighted by Crippen LogP contribution is 2.13. The topological polar surface area (TPSA) is 78.9 Å². The summed E-state index contributed by atoms with van der Waals surface area (Å²) in [4.78, 5) is 38.1. The van der Waals surface area contributed by atoms with Crippen molar-refractivity contribution in [3.8, 4) is 0 Å². The fraction of sp³-hybridized carbons (Fsp3) is 0.683. The number of carbonyl (C=O) groups excluding carboxylic acids is 3. The second kappa shape index (κ2) is 53.9. The predicted octanol–water partition coefficient (Wildman–Crippen LogP) is 18.1. The first-order chi connectivity index (χ1) is 32.5. The lowest BCUT2D eigenvalue weighted by Crippen LogP contribution is -2.30. The van der Waals surface area contributed by atoms with E-state index in [1.165, 1.54) is 96.3 Å². The maximum Gasteiger partial charge on any atom is 0.306 e. The van der Waals surface area contributed by atoms with E-state index in [0.717, 1.165) is 103 Å². The Kier molecular flexibility index (Phi) is 50.9. The highest BCUT2D eigenvalue weighted by atomic mass is 16.6. The van der Waals surface area contributed by atoms with Crippen LogP contribution in [0, 0.1) is 0 Å². The number of hydrogen-bond acceptors (Lipinski definition) is 6. The molecule has 0 aromatic heterocycles. The van der Waals surface area contributed by atoms with Gasteiger partial charge < -0.3 is 14.2 Å². The van der Waals surface area contributed by atoms with E-state index in [1.54, 1.807) is 0 Å². The smallest absolute Gasteiger partial charge is 0.306 e. The molecule has 0 aliphatic heterocycles. The molecule has 6 heteroatoms. The number of hydrogen-bond donors (Lipinski definition) is 0. The van der Waals surface area contributed by atoms with Crippen molar-refractivity contribution in [1.82, 2.24) is 0 Å². The summed E-state index contributed by atoms with van der Waals surface area (Å²) in [6, 6.07) is 0. The van der Waals surface area contributed by atoms with E-state index in [2.05, 4.69) is 118 Å². The van der Waals surface area contributed by atoms with Gasteiger partial charge in [-0.1, -0.05) is 214 Å². The van der Waals surface area contributed by atoms with Crippen LogP contribution < -0.4 is 0 Å². The Morgan fingerprint density at radius 2 is 0.652 bits per heavy atom. The van der Waals surface area contributed by atoms with Gasteiger partial charge in [-0.3, -0.25) is 14.4 Å². The molecular formula is C60H100O6. The van der Waals surface area contributed by atoms with E-state index in [1.807, 2.05) is 0 Å². The molecule has 0 bridgehead atoms. The van der Waals surface area contributed by atoms with Gasteiger partial charge in [0.05, 0.1) is 0 Å². The Morgan fingerprint density at radius 1 is 0.333 bits per heavy atom. The summed E-state index contributed by atoms with van der Waals surface area (Å²) in [5, 5.41) is 0. The van der Waals surface area contributed by atoms with E-state index >= 15 is 0 Å². The molecule has 0 radical (unpaired) electrons. The molecule has 0 fully saturated rings. The van der Waals surface area contributed by atoms with Gasteiger partial charge in [0.1, 0.15) is 13.2 Å². The summed E-state index contributed by atoms with van der Waals surface area (Å²) in [6.45, 7) is 6.42. The maximum atomic E-state index is 12.8. The Hall–Kier alpha value is -3.67. The van der Waals surface area contributed by atoms with Crippen molar-refractivity contribution >= 4 is 17.9 Å². The number of unbranched alkanes of at least 4 members (excludes halogenated alkanes) is 22. The van der Waals surface area contributed by atoms with Crippen LogP contribution in [0.3, 0.4) is 0 Å². The molecule has 0 spiro atoms. The second-order valence-electron chi connectivity index (χ2n) is 17.8. The first kappa shape index (κ1) is 62.3. The molecule has 1 atom stereocenters. The van der Waals surface area contributed by atoms with Gasteiger partial charge in [0, 0.05) is 19.3 Å². The van der Waals surface area contributed by atoms with Gasteiger partial charge in [-0.15, -0.1) is 0 Å². The highest BCUT2D eigenvalue weighted by molar-refractivity contribution is 5.71. The van der Waals surface area contributed by atoms with Crippen LogP contribution in [0.1, 0.15) is 245 Å². The maximum absolute atomic E-state index is 12.8. The number of carbonyl (C=O) groups is 3. The van der Waals surface area contributed by atoms with Crippen molar-refractivity contribution in [2.24, 2.45) is 0 Å². The predicted molar refractivity (Wildman–Crippen MR) is 284 cm³/mol. The number of allylic oxidation sites excluding steroid dienone is 16. The van der Waals surface area contributed by atoms with Crippen molar-refractivity contribution in [3.63, 3.8) is 0 Å². The van der Waals surface area contributed by atoms with Crippen LogP contribution in [0.4, 0.5) is 0 Å². The monoisotopic (exact) mass is 917 g/mol. The van der Waals surface area contributed by atoms with Crippen LogP contribution in [0.5, 0.6) is 0 Å². The summed E-state index contributed by atoms with van der Waals surface area (Å²) in [6.07, 6.45) is 71.1. The van der Waals surface area contributed by atoms with E-state index in [9.17, 15) is 14.4 Å². The summed E-state index contributed by atoms with van der Waals surface area (Å²) >= 11 is 0. The molecule has 6 nitrogen and oxygen atoms in total. The van der Waals surface area contributed by atoms with Gasteiger partial charge in [0.25, 0.3) is 0 Å². The lowest BCUT2D eigenvalue weighted by molar-refractivity contribution is -0.167. The lowest BCUT2D eigenvalue weighted by atomic mass is 10.1. The number of ether oxygens (including phenoxy) is 3. The molecule has 0 saturated carbocycles. The van der Waals surface area contributed by atoms with E-state index in [4.69, 9.17) is 14.2 Å². The van der Waals surface area contributed by atoms with Gasteiger partial charge in [0.15, 0.2) is 6.10 Å². The van der Waals surface area contributed by atoms with Gasteiger partial charge >= 0.3 is 17.9 Å². The molecule has 0 aliphatic carbocycles. The molecule has 376 valence electrons. The molecule has 0 rings (SSSR count). The van der Waals surface area contributed by atoms with Gasteiger partial charge in [-0.05, 0) is 109 Å². The number of esters is 3. The number of rotatable bonds is 48. The minimum atomic E-state index is -0.811. The molecule has 0 aromatic rings. The summed E-state index contributed by atoms with van der Waals surface area (Å²) in [7, 11) is 0. The van der Waals surface area contributed by atoms with Crippen LogP contribution >= 0.6 is 0 Å². The average Bonchev–Trinajstić information content (AvgIpc) is 3.31. The third-order valence-electron chi connectivity index (χ3n) is 11.3. The fourth-order valence-electron chi connectivity index (χ4n) is 7.23. The molecule has 0 aromatic carbocycles. The van der Waals surface area contributed by atoms with Crippen molar-refractivity contribution in [2.45, 2.75) is 252 Å². The SMILES string of the molecule is CC/C=C\C/C=C\C/C=C\CCCCCCCCC(=O)OC(COC(=O)CCC/C=C\C/C=C\C/C=C\CCCCCCCC)COC(=O)CCCCCCCC/C=C\C=C/CCCCC. The average molecular weight is 917 g/mol. The highest BCUT2D eigenvalue weighted by Gasteiger charge is 2.19. The van der Waals surface area contributed by atoms with Crippen molar-refractivity contribution in [3.05, 3.63) is 97.2 Å². The Bertz CT molecular complexity index is 1330. The minimum absolute atomic E-state index is 0.106. The molecule has 0 aliphatic rings. The van der Waals surface area contributed by atoms with Crippen LogP contribution in [0.25, 0.3) is 0 Å². The molecule has 1 unspecified atom stereocenters. The first-order valence-electron chi connectivity index (χ1n) is 27.3. The zero-order chi connectivity index (χ0) is 47.9. The molecule has 0 N–H and O–H groups in total. The van der Waals surface area contributed by atoms with Crippen molar-refractivity contribution in [2.75, 3.05) is 13.2 Å². The first-order valence-corrected chi connectivity index (χ1v) is 27.3. The second-order valence-corrected chi connectivity index (χ2v) is 17.8. The normalized spacial score (nSPS) is 12.8. The molecule has 0 saturated heterocycles. The van der Waals surface area contributed by atoms with Crippen LogP contribution in [0.2, 0.25) is 0 Å². The molecule has 66 heavy (non-hydrogen) atoms. The fourth-order valence-corrected chi connectivity index (χ4v) is 7.23. The Morgan fingerprint density at radius 3 is 1.11 bits per heavy atom. The Labute approximate surface area is 407 Å². The van der Waals surface area contributed by atoms with E-state index in [0.29, 0.717) is 19.3 Å². The van der Waals surface area contributed by atoms with E-state index < -0.39 is 6.10 Å². The van der Waals surface area contributed by atoms with Crippen LogP contribution in [0.15, 0.2) is 97.2 Å². The van der Waals surface area contributed by atoms with Crippen molar-refractivity contribution in [1.29, 1.82) is 0 Å².